The van der Waals surface area contributed by atoms with Crippen LogP contribution in [0.15, 0.2) is 0 Å². The molecule has 5 nitrogen and oxygen atoms in total. The minimum Gasteiger partial charge on any atom is -0.480 e. The van der Waals surface area contributed by atoms with Gasteiger partial charge in [-0.25, -0.2) is 9.59 Å². The highest BCUT2D eigenvalue weighted by atomic mass is 16.4. The Morgan fingerprint density at radius 2 is 2.06 bits per heavy atom. The zero-order valence-electron chi connectivity index (χ0n) is 10.6. The van der Waals surface area contributed by atoms with E-state index in [0.29, 0.717) is 13.0 Å². The molecule has 2 amide bonds. The molecular weight excluding hydrogens is 220 g/mol. The average Bonchev–Trinajstić information content (AvgIpc) is 2.23. The van der Waals surface area contributed by atoms with E-state index in [1.54, 1.807) is 0 Å². The number of carboxylic acids is 1. The van der Waals surface area contributed by atoms with Crippen molar-refractivity contribution in [1.82, 2.24) is 10.6 Å². The van der Waals surface area contributed by atoms with Crippen LogP contribution < -0.4 is 10.6 Å². The van der Waals surface area contributed by atoms with E-state index in [1.807, 2.05) is 6.92 Å². The second-order valence-electron chi connectivity index (χ2n) is 5.17. The number of carbonyl (C=O) groups excluding carboxylic acids is 1. The standard InChI is InChI=1S/C12H22N2O3/c1-3-5-9(10(15)16)14-11(17)13-8-12(2)6-4-7-12/h9H,3-8H2,1-2H3,(H,15,16)(H2,13,14,17)/t9-/m1/s1. The number of aliphatic carboxylic acids is 1. The smallest absolute Gasteiger partial charge is 0.326 e. The molecule has 0 aromatic rings. The van der Waals surface area contributed by atoms with Crippen molar-refractivity contribution in [2.24, 2.45) is 5.41 Å². The molecule has 1 atom stereocenters. The van der Waals surface area contributed by atoms with Crippen molar-refractivity contribution in [2.75, 3.05) is 6.54 Å². The molecule has 0 aromatic heterocycles. The number of urea groups is 1. The maximum Gasteiger partial charge on any atom is 0.326 e. The molecule has 0 aliphatic heterocycles. The fraction of sp³-hybridized carbons (Fsp3) is 0.833. The summed E-state index contributed by atoms with van der Waals surface area (Å²) in [6.07, 6.45) is 4.66. The molecule has 1 aliphatic carbocycles. The number of rotatable bonds is 6. The van der Waals surface area contributed by atoms with E-state index in [2.05, 4.69) is 17.6 Å². The van der Waals surface area contributed by atoms with Gasteiger partial charge in [-0.1, -0.05) is 26.7 Å². The van der Waals surface area contributed by atoms with Gasteiger partial charge in [0.1, 0.15) is 6.04 Å². The fourth-order valence-corrected chi connectivity index (χ4v) is 2.01. The van der Waals surface area contributed by atoms with Gasteiger partial charge < -0.3 is 15.7 Å². The third kappa shape index (κ3) is 4.24. The summed E-state index contributed by atoms with van der Waals surface area (Å²) < 4.78 is 0. The quantitative estimate of drug-likeness (QED) is 0.663. The second kappa shape index (κ2) is 5.89. The summed E-state index contributed by atoms with van der Waals surface area (Å²) in [5.74, 6) is -0.975. The number of hydrogen-bond acceptors (Lipinski definition) is 2. The van der Waals surface area contributed by atoms with Gasteiger partial charge in [0, 0.05) is 6.54 Å². The lowest BCUT2D eigenvalue weighted by Crippen LogP contribution is -2.49. The van der Waals surface area contributed by atoms with Crippen LogP contribution in [-0.4, -0.2) is 29.7 Å². The highest BCUT2D eigenvalue weighted by Gasteiger charge is 2.32. The van der Waals surface area contributed by atoms with Crippen LogP contribution in [0.4, 0.5) is 4.79 Å². The zero-order chi connectivity index (χ0) is 12.9. The minimum absolute atomic E-state index is 0.209. The summed E-state index contributed by atoms with van der Waals surface area (Å²) in [6, 6.07) is -1.16. The van der Waals surface area contributed by atoms with Crippen LogP contribution in [-0.2, 0) is 4.79 Å². The predicted octanol–water partition coefficient (Wildman–Crippen LogP) is 1.73. The molecule has 0 saturated heterocycles. The molecule has 0 bridgehead atoms. The Morgan fingerprint density at radius 3 is 2.47 bits per heavy atom. The van der Waals surface area contributed by atoms with Crippen molar-refractivity contribution in [3.05, 3.63) is 0 Å². The molecule has 0 aromatic carbocycles. The Kier molecular flexibility index (Phi) is 4.78. The fourth-order valence-electron chi connectivity index (χ4n) is 2.01. The first kappa shape index (κ1) is 13.8. The maximum absolute atomic E-state index is 11.5. The van der Waals surface area contributed by atoms with Crippen LogP contribution in [0.3, 0.4) is 0 Å². The van der Waals surface area contributed by atoms with Gasteiger partial charge in [-0.05, 0) is 24.7 Å². The van der Waals surface area contributed by atoms with E-state index >= 15 is 0 Å². The molecule has 1 fully saturated rings. The molecule has 1 rings (SSSR count). The third-order valence-electron chi connectivity index (χ3n) is 3.42. The van der Waals surface area contributed by atoms with Crippen LogP contribution in [0, 0.1) is 5.41 Å². The van der Waals surface area contributed by atoms with Crippen molar-refractivity contribution in [1.29, 1.82) is 0 Å². The van der Waals surface area contributed by atoms with Gasteiger partial charge in [-0.3, -0.25) is 0 Å². The molecule has 1 saturated carbocycles. The van der Waals surface area contributed by atoms with Gasteiger partial charge in [0.15, 0.2) is 0 Å². The summed E-state index contributed by atoms with van der Waals surface area (Å²) in [7, 11) is 0. The van der Waals surface area contributed by atoms with E-state index in [9.17, 15) is 9.59 Å². The van der Waals surface area contributed by atoms with Gasteiger partial charge in [0.05, 0.1) is 0 Å². The summed E-state index contributed by atoms with van der Waals surface area (Å²) in [4.78, 5) is 22.4. The highest BCUT2D eigenvalue weighted by molar-refractivity contribution is 5.82. The van der Waals surface area contributed by atoms with Gasteiger partial charge in [0.2, 0.25) is 0 Å². The van der Waals surface area contributed by atoms with Crippen molar-refractivity contribution < 1.29 is 14.7 Å². The van der Waals surface area contributed by atoms with Gasteiger partial charge in [0.25, 0.3) is 0 Å². The van der Waals surface area contributed by atoms with Crippen LogP contribution in [0.25, 0.3) is 0 Å². The van der Waals surface area contributed by atoms with Crippen molar-refractivity contribution >= 4 is 12.0 Å². The molecule has 0 heterocycles. The Morgan fingerprint density at radius 1 is 1.41 bits per heavy atom. The molecule has 98 valence electrons. The lowest BCUT2D eigenvalue weighted by atomic mass is 9.70. The van der Waals surface area contributed by atoms with E-state index in [-0.39, 0.29) is 11.4 Å². The number of carbonyl (C=O) groups is 2. The molecule has 1 aliphatic rings. The Bertz CT molecular complexity index is 287. The molecular formula is C12H22N2O3. The summed E-state index contributed by atoms with van der Waals surface area (Å²) in [6.45, 7) is 4.65. The normalized spacial score (nSPS) is 18.9. The summed E-state index contributed by atoms with van der Waals surface area (Å²) in [5, 5.41) is 14.1. The number of nitrogens with one attached hydrogen (secondary N) is 2. The van der Waals surface area contributed by atoms with E-state index in [4.69, 9.17) is 5.11 Å². The Hall–Kier alpha value is -1.26. The van der Waals surface area contributed by atoms with Gasteiger partial charge >= 0.3 is 12.0 Å². The molecule has 0 unspecified atom stereocenters. The number of carboxylic acid groups (broad SMARTS) is 1. The van der Waals surface area contributed by atoms with Crippen molar-refractivity contribution in [2.45, 2.75) is 52.0 Å². The SMILES string of the molecule is CCC[C@@H](NC(=O)NCC1(C)CCC1)C(=O)O. The third-order valence-corrected chi connectivity index (χ3v) is 3.42. The van der Waals surface area contributed by atoms with Crippen molar-refractivity contribution in [3.63, 3.8) is 0 Å². The lowest BCUT2D eigenvalue weighted by Gasteiger charge is -2.38. The lowest BCUT2D eigenvalue weighted by molar-refractivity contribution is -0.139. The average molecular weight is 242 g/mol. The maximum atomic E-state index is 11.5. The topological polar surface area (TPSA) is 78.4 Å². The van der Waals surface area contributed by atoms with Crippen LogP contribution in [0.2, 0.25) is 0 Å². The monoisotopic (exact) mass is 242 g/mol. The minimum atomic E-state index is -0.975. The number of amides is 2. The van der Waals surface area contributed by atoms with E-state index in [0.717, 1.165) is 19.3 Å². The Labute approximate surface area is 102 Å². The molecule has 0 radical (unpaired) electrons. The first-order chi connectivity index (χ1) is 7.97. The van der Waals surface area contributed by atoms with Crippen LogP contribution in [0.1, 0.15) is 46.0 Å². The largest absolute Gasteiger partial charge is 0.480 e. The first-order valence-electron chi connectivity index (χ1n) is 6.24. The molecule has 3 N–H and O–H groups in total. The highest BCUT2D eigenvalue weighted by Crippen LogP contribution is 2.39. The Balaban J connectivity index is 2.29. The summed E-state index contributed by atoms with van der Waals surface area (Å²) >= 11 is 0. The van der Waals surface area contributed by atoms with Gasteiger partial charge in [-0.15, -0.1) is 0 Å². The zero-order valence-corrected chi connectivity index (χ0v) is 10.6. The number of hydrogen-bond donors (Lipinski definition) is 3. The van der Waals surface area contributed by atoms with E-state index < -0.39 is 12.0 Å². The first-order valence-corrected chi connectivity index (χ1v) is 6.24. The second-order valence-corrected chi connectivity index (χ2v) is 5.17. The van der Waals surface area contributed by atoms with Crippen LogP contribution in [0.5, 0.6) is 0 Å². The van der Waals surface area contributed by atoms with E-state index in [1.165, 1.54) is 6.42 Å². The molecule has 0 spiro atoms. The van der Waals surface area contributed by atoms with Crippen LogP contribution >= 0.6 is 0 Å². The van der Waals surface area contributed by atoms with Gasteiger partial charge in [-0.2, -0.15) is 0 Å². The van der Waals surface area contributed by atoms with Crippen molar-refractivity contribution in [3.8, 4) is 0 Å². The molecule has 17 heavy (non-hydrogen) atoms. The predicted molar refractivity (Wildman–Crippen MR) is 64.8 cm³/mol. The summed E-state index contributed by atoms with van der Waals surface area (Å²) in [5.41, 5.74) is 0.209. The molecule has 5 heteroatoms.